The molecule has 0 atom stereocenters. The standard InChI is InChI=1S/C26H26O4P/c1-20(24(25(27)29-2)26(28)30-3)19-31(21-13-7-4-8-14-21,22-15-9-5-10-16-22)23-17-11-6-12-18-23/h4-18H,19H2,1-3H3/q+1. The zero-order valence-electron chi connectivity index (χ0n) is 17.9. The van der Waals surface area contributed by atoms with E-state index in [4.69, 9.17) is 9.47 Å². The van der Waals surface area contributed by atoms with Gasteiger partial charge in [-0.2, -0.15) is 0 Å². The minimum atomic E-state index is -2.24. The van der Waals surface area contributed by atoms with Crippen LogP contribution >= 0.6 is 7.26 Å². The molecule has 0 amide bonds. The van der Waals surface area contributed by atoms with E-state index in [-0.39, 0.29) is 5.57 Å². The van der Waals surface area contributed by atoms with Crippen molar-refractivity contribution in [1.82, 2.24) is 0 Å². The molecule has 0 aliphatic heterocycles. The van der Waals surface area contributed by atoms with Gasteiger partial charge in [0.2, 0.25) is 0 Å². The molecular formula is C26H26O4P+. The van der Waals surface area contributed by atoms with E-state index in [2.05, 4.69) is 36.4 Å². The van der Waals surface area contributed by atoms with Gasteiger partial charge in [-0.15, -0.1) is 0 Å². The van der Waals surface area contributed by atoms with Crippen molar-refractivity contribution >= 4 is 35.1 Å². The lowest BCUT2D eigenvalue weighted by Gasteiger charge is -2.28. The number of methoxy groups -OCH3 is 2. The van der Waals surface area contributed by atoms with Crippen LogP contribution in [0.15, 0.2) is 102 Å². The zero-order valence-corrected chi connectivity index (χ0v) is 18.8. The highest BCUT2D eigenvalue weighted by Crippen LogP contribution is 2.56. The van der Waals surface area contributed by atoms with E-state index in [1.807, 2.05) is 61.5 Å². The van der Waals surface area contributed by atoms with Gasteiger partial charge in [0.1, 0.15) is 28.7 Å². The van der Waals surface area contributed by atoms with Gasteiger partial charge in [-0.05, 0) is 48.9 Å². The summed E-state index contributed by atoms with van der Waals surface area (Å²) in [7, 11) is 0.304. The smallest absolute Gasteiger partial charge is 0.345 e. The first kappa shape index (κ1) is 22.5. The fourth-order valence-corrected chi connectivity index (χ4v) is 8.19. The summed E-state index contributed by atoms with van der Waals surface area (Å²) in [4.78, 5) is 25.0. The van der Waals surface area contributed by atoms with Crippen molar-refractivity contribution in [2.24, 2.45) is 0 Å². The van der Waals surface area contributed by atoms with Crippen LogP contribution in [-0.4, -0.2) is 32.3 Å². The Labute approximate surface area is 183 Å². The molecule has 0 fully saturated rings. The molecule has 0 spiro atoms. The van der Waals surface area contributed by atoms with Crippen LogP contribution in [0.5, 0.6) is 0 Å². The molecule has 0 N–H and O–H groups in total. The van der Waals surface area contributed by atoms with Gasteiger partial charge < -0.3 is 9.47 Å². The van der Waals surface area contributed by atoms with Crippen LogP contribution in [-0.2, 0) is 19.1 Å². The number of carbonyl (C=O) groups excluding carboxylic acids is 2. The largest absolute Gasteiger partial charge is 0.465 e. The Balaban J connectivity index is 2.34. The Kier molecular flexibility index (Phi) is 7.38. The van der Waals surface area contributed by atoms with Crippen molar-refractivity contribution in [3.8, 4) is 0 Å². The number of benzene rings is 3. The third-order valence-corrected chi connectivity index (χ3v) is 9.76. The topological polar surface area (TPSA) is 52.6 Å². The van der Waals surface area contributed by atoms with Crippen LogP contribution in [0.2, 0.25) is 0 Å². The maximum Gasteiger partial charge on any atom is 0.345 e. The van der Waals surface area contributed by atoms with E-state index >= 15 is 0 Å². The van der Waals surface area contributed by atoms with Crippen molar-refractivity contribution in [2.45, 2.75) is 6.92 Å². The molecule has 3 aromatic rings. The van der Waals surface area contributed by atoms with Crippen molar-refractivity contribution < 1.29 is 19.1 Å². The second kappa shape index (κ2) is 10.2. The minimum absolute atomic E-state index is 0.0443. The van der Waals surface area contributed by atoms with Crippen molar-refractivity contribution in [2.75, 3.05) is 20.4 Å². The molecular weight excluding hydrogens is 407 g/mol. The summed E-state index contributed by atoms with van der Waals surface area (Å²) in [5, 5.41) is 3.50. The Morgan fingerprint density at radius 3 is 1.26 bits per heavy atom. The Morgan fingerprint density at radius 1 is 0.645 bits per heavy atom. The third kappa shape index (κ3) is 4.60. The van der Waals surface area contributed by atoms with Crippen LogP contribution < -0.4 is 15.9 Å². The summed E-state index contributed by atoms with van der Waals surface area (Å²) in [5.74, 6) is -1.37. The van der Waals surface area contributed by atoms with Gasteiger partial charge in [0.25, 0.3) is 0 Å². The van der Waals surface area contributed by atoms with E-state index in [1.165, 1.54) is 30.1 Å². The second-order valence-corrected chi connectivity index (χ2v) is 10.6. The quantitative estimate of drug-likeness (QED) is 0.188. The molecule has 3 aromatic carbocycles. The first-order valence-corrected chi connectivity index (χ1v) is 11.9. The molecule has 0 radical (unpaired) electrons. The molecule has 0 heterocycles. The summed E-state index contributed by atoms with van der Waals surface area (Å²) >= 11 is 0. The lowest BCUT2D eigenvalue weighted by molar-refractivity contribution is -0.144. The average molecular weight is 433 g/mol. The monoisotopic (exact) mass is 433 g/mol. The highest BCUT2D eigenvalue weighted by Gasteiger charge is 2.46. The highest BCUT2D eigenvalue weighted by molar-refractivity contribution is 7.95. The molecule has 0 bridgehead atoms. The van der Waals surface area contributed by atoms with Crippen molar-refractivity contribution in [3.63, 3.8) is 0 Å². The molecule has 0 aliphatic carbocycles. The number of allylic oxidation sites excluding steroid dienone is 1. The normalized spacial score (nSPS) is 10.8. The van der Waals surface area contributed by atoms with E-state index in [9.17, 15) is 9.59 Å². The van der Waals surface area contributed by atoms with E-state index in [0.717, 1.165) is 0 Å². The van der Waals surface area contributed by atoms with Crippen LogP contribution in [0.4, 0.5) is 0 Å². The number of ether oxygens (including phenoxy) is 2. The van der Waals surface area contributed by atoms with Crippen molar-refractivity contribution in [1.29, 1.82) is 0 Å². The van der Waals surface area contributed by atoms with Crippen LogP contribution in [0.3, 0.4) is 0 Å². The minimum Gasteiger partial charge on any atom is -0.465 e. The highest BCUT2D eigenvalue weighted by atomic mass is 31.2. The Morgan fingerprint density at radius 2 is 0.968 bits per heavy atom. The van der Waals surface area contributed by atoms with E-state index < -0.39 is 19.2 Å². The van der Waals surface area contributed by atoms with Gasteiger partial charge in [0.05, 0.1) is 20.4 Å². The predicted molar refractivity (Wildman–Crippen MR) is 127 cm³/mol. The molecule has 4 nitrogen and oxygen atoms in total. The number of hydrogen-bond acceptors (Lipinski definition) is 4. The molecule has 5 heteroatoms. The summed E-state index contributed by atoms with van der Waals surface area (Å²) in [5.41, 5.74) is 0.598. The summed E-state index contributed by atoms with van der Waals surface area (Å²) < 4.78 is 9.81. The fourth-order valence-electron chi connectivity index (χ4n) is 3.84. The first-order chi connectivity index (χ1) is 15.0. The van der Waals surface area contributed by atoms with Gasteiger partial charge in [-0.3, -0.25) is 0 Å². The van der Waals surface area contributed by atoms with Gasteiger partial charge in [0.15, 0.2) is 0 Å². The lowest BCUT2D eigenvalue weighted by atomic mass is 10.1. The maximum atomic E-state index is 12.5. The molecule has 0 saturated heterocycles. The molecule has 158 valence electrons. The number of carbonyl (C=O) groups is 2. The molecule has 3 rings (SSSR count). The lowest BCUT2D eigenvalue weighted by Crippen LogP contribution is -2.34. The number of hydrogen-bond donors (Lipinski definition) is 0. The van der Waals surface area contributed by atoms with Gasteiger partial charge in [-0.25, -0.2) is 9.59 Å². The summed E-state index contributed by atoms with van der Waals surface area (Å²) in [6.45, 7) is 1.81. The molecule has 0 aromatic heterocycles. The van der Waals surface area contributed by atoms with Crippen molar-refractivity contribution in [3.05, 3.63) is 102 Å². The van der Waals surface area contributed by atoms with Crippen LogP contribution in [0.25, 0.3) is 0 Å². The maximum absolute atomic E-state index is 12.5. The molecule has 31 heavy (non-hydrogen) atoms. The van der Waals surface area contributed by atoms with E-state index in [1.54, 1.807) is 0 Å². The second-order valence-electron chi connectivity index (χ2n) is 7.11. The van der Waals surface area contributed by atoms with Crippen LogP contribution in [0.1, 0.15) is 6.92 Å². The predicted octanol–water partition coefficient (Wildman–Crippen LogP) is 3.64. The number of esters is 2. The molecule has 0 aliphatic rings. The van der Waals surface area contributed by atoms with E-state index in [0.29, 0.717) is 11.7 Å². The molecule has 0 unspecified atom stereocenters. The first-order valence-electron chi connectivity index (χ1n) is 9.96. The molecule has 0 saturated carbocycles. The SMILES string of the molecule is COC(=O)C(C(=O)OC)=C(C)C[P+](c1ccccc1)(c1ccccc1)c1ccccc1. The third-order valence-electron chi connectivity index (χ3n) is 5.27. The Bertz CT molecular complexity index is 946. The summed E-state index contributed by atoms with van der Waals surface area (Å²) in [6.07, 6.45) is 0.505. The van der Waals surface area contributed by atoms with Gasteiger partial charge >= 0.3 is 11.9 Å². The van der Waals surface area contributed by atoms with Crippen LogP contribution in [0, 0.1) is 0 Å². The average Bonchev–Trinajstić information content (AvgIpc) is 2.84. The number of rotatable bonds is 7. The Hall–Kier alpha value is -3.23. The zero-order chi connectivity index (χ0) is 22.3. The summed E-state index contributed by atoms with van der Waals surface area (Å²) in [6, 6.07) is 30.9. The van der Waals surface area contributed by atoms with Gasteiger partial charge in [-0.1, -0.05) is 54.6 Å². The van der Waals surface area contributed by atoms with Gasteiger partial charge in [0, 0.05) is 0 Å². The fraction of sp³-hybridized carbons (Fsp3) is 0.154.